The molecule has 0 bridgehead atoms. The summed E-state index contributed by atoms with van der Waals surface area (Å²) in [4.78, 5) is 7.71. The standard InChI is InChI=1S/C15H18ClF3N4O/c1-20-14(23-11-4-2-3-5-11)21-6-7-24-13-12(16)8-10(9-22-13)15(17,18)19/h2-3,8-9,11H,4-7H2,1H3,(H2,20,21,23). The van der Waals surface area contributed by atoms with Crippen LogP contribution in [0.3, 0.4) is 0 Å². The SMILES string of the molecule is CN=C(NCCOc1ncc(C(F)(F)F)cc1Cl)NC1CC=CC1. The number of rotatable bonds is 5. The van der Waals surface area contributed by atoms with Gasteiger partial charge in [0, 0.05) is 19.3 Å². The maximum absolute atomic E-state index is 12.5. The number of aliphatic imine (C=N–C) groups is 1. The lowest BCUT2D eigenvalue weighted by molar-refractivity contribution is -0.137. The van der Waals surface area contributed by atoms with E-state index in [0.717, 1.165) is 18.9 Å². The lowest BCUT2D eigenvalue weighted by Crippen LogP contribution is -2.43. The Kier molecular flexibility index (Phi) is 6.30. The van der Waals surface area contributed by atoms with E-state index < -0.39 is 11.7 Å². The minimum atomic E-state index is -4.48. The zero-order chi connectivity index (χ0) is 17.6. The molecule has 2 rings (SSSR count). The summed E-state index contributed by atoms with van der Waals surface area (Å²) >= 11 is 5.77. The molecule has 0 atom stereocenters. The van der Waals surface area contributed by atoms with E-state index in [-0.39, 0.29) is 17.5 Å². The van der Waals surface area contributed by atoms with Crippen LogP contribution in [0, 0.1) is 0 Å². The van der Waals surface area contributed by atoms with Gasteiger partial charge in [-0.1, -0.05) is 23.8 Å². The molecule has 2 N–H and O–H groups in total. The fourth-order valence-electron chi connectivity index (χ4n) is 2.13. The van der Waals surface area contributed by atoms with Gasteiger partial charge in [0.25, 0.3) is 0 Å². The summed E-state index contributed by atoms with van der Waals surface area (Å²) in [6.45, 7) is 0.584. The fraction of sp³-hybridized carbons (Fsp3) is 0.467. The van der Waals surface area contributed by atoms with Crippen LogP contribution in [-0.2, 0) is 6.18 Å². The third kappa shape index (κ3) is 5.30. The molecule has 1 aliphatic rings. The first kappa shape index (κ1) is 18.4. The molecule has 1 aliphatic carbocycles. The van der Waals surface area contributed by atoms with E-state index in [9.17, 15) is 13.2 Å². The second-order valence-electron chi connectivity index (χ2n) is 5.14. The van der Waals surface area contributed by atoms with Gasteiger partial charge in [-0.3, -0.25) is 4.99 Å². The number of pyridine rings is 1. The van der Waals surface area contributed by atoms with Crippen molar-refractivity contribution in [2.45, 2.75) is 25.1 Å². The van der Waals surface area contributed by atoms with E-state index in [0.29, 0.717) is 24.7 Å². The van der Waals surface area contributed by atoms with Crippen LogP contribution in [0.5, 0.6) is 5.88 Å². The minimum Gasteiger partial charge on any atom is -0.475 e. The Labute approximate surface area is 143 Å². The van der Waals surface area contributed by atoms with Gasteiger partial charge < -0.3 is 15.4 Å². The highest BCUT2D eigenvalue weighted by Gasteiger charge is 2.31. The maximum atomic E-state index is 12.5. The van der Waals surface area contributed by atoms with E-state index in [4.69, 9.17) is 16.3 Å². The van der Waals surface area contributed by atoms with Gasteiger partial charge in [0.15, 0.2) is 5.96 Å². The van der Waals surface area contributed by atoms with E-state index in [1.807, 2.05) is 0 Å². The van der Waals surface area contributed by atoms with E-state index in [2.05, 4.69) is 32.8 Å². The highest BCUT2D eigenvalue weighted by Crippen LogP contribution is 2.32. The molecule has 0 fully saturated rings. The summed E-state index contributed by atoms with van der Waals surface area (Å²) in [7, 11) is 1.66. The number of nitrogens with one attached hydrogen (secondary N) is 2. The fourth-order valence-corrected chi connectivity index (χ4v) is 2.35. The Morgan fingerprint density at radius 3 is 2.71 bits per heavy atom. The average molecular weight is 363 g/mol. The number of ether oxygens (including phenoxy) is 1. The predicted molar refractivity (Wildman–Crippen MR) is 86.4 cm³/mol. The smallest absolute Gasteiger partial charge is 0.417 e. The van der Waals surface area contributed by atoms with Crippen LogP contribution in [-0.4, -0.2) is 37.2 Å². The monoisotopic (exact) mass is 362 g/mol. The summed E-state index contributed by atoms with van der Waals surface area (Å²) in [5.74, 6) is 0.605. The minimum absolute atomic E-state index is 0.0330. The second kappa shape index (κ2) is 8.23. The van der Waals surface area contributed by atoms with Crippen molar-refractivity contribution in [1.29, 1.82) is 0 Å². The normalized spacial score (nSPS) is 15.6. The zero-order valence-electron chi connectivity index (χ0n) is 13.0. The van der Waals surface area contributed by atoms with Crippen molar-refractivity contribution in [2.24, 2.45) is 4.99 Å². The van der Waals surface area contributed by atoms with Crippen molar-refractivity contribution in [3.05, 3.63) is 35.0 Å². The van der Waals surface area contributed by atoms with Crippen LogP contribution in [0.25, 0.3) is 0 Å². The molecule has 0 aromatic carbocycles. The van der Waals surface area contributed by atoms with Crippen molar-refractivity contribution < 1.29 is 17.9 Å². The van der Waals surface area contributed by atoms with Gasteiger partial charge in [-0.15, -0.1) is 0 Å². The average Bonchev–Trinajstić information content (AvgIpc) is 3.03. The number of halogens is 4. The van der Waals surface area contributed by atoms with Gasteiger partial charge in [0.05, 0.1) is 12.1 Å². The highest BCUT2D eigenvalue weighted by atomic mass is 35.5. The van der Waals surface area contributed by atoms with Crippen molar-refractivity contribution in [3.63, 3.8) is 0 Å². The molecule has 0 amide bonds. The van der Waals surface area contributed by atoms with Gasteiger partial charge in [-0.25, -0.2) is 4.98 Å². The molecule has 24 heavy (non-hydrogen) atoms. The number of guanidine groups is 1. The first-order valence-corrected chi connectivity index (χ1v) is 7.75. The molecular weight excluding hydrogens is 345 g/mol. The molecule has 0 radical (unpaired) electrons. The Morgan fingerprint density at radius 2 is 2.12 bits per heavy atom. The first-order chi connectivity index (χ1) is 11.4. The third-order valence-electron chi connectivity index (χ3n) is 3.34. The van der Waals surface area contributed by atoms with Crippen LogP contribution >= 0.6 is 11.6 Å². The van der Waals surface area contributed by atoms with Crippen molar-refractivity contribution in [2.75, 3.05) is 20.2 Å². The van der Waals surface area contributed by atoms with Crippen molar-refractivity contribution in [1.82, 2.24) is 15.6 Å². The highest BCUT2D eigenvalue weighted by molar-refractivity contribution is 6.31. The largest absolute Gasteiger partial charge is 0.475 e. The van der Waals surface area contributed by atoms with Crippen LogP contribution < -0.4 is 15.4 Å². The van der Waals surface area contributed by atoms with Gasteiger partial charge in [0.1, 0.15) is 11.6 Å². The van der Waals surface area contributed by atoms with Gasteiger partial charge in [-0.05, 0) is 18.9 Å². The molecule has 0 spiro atoms. The molecular formula is C15H18ClF3N4O. The number of nitrogens with zero attached hydrogens (tertiary/aromatic N) is 2. The third-order valence-corrected chi connectivity index (χ3v) is 3.61. The Balaban J connectivity index is 1.77. The lowest BCUT2D eigenvalue weighted by atomic mass is 10.2. The maximum Gasteiger partial charge on any atom is 0.417 e. The molecule has 0 saturated carbocycles. The van der Waals surface area contributed by atoms with Crippen molar-refractivity contribution in [3.8, 4) is 5.88 Å². The summed E-state index contributed by atoms with van der Waals surface area (Å²) in [6, 6.07) is 1.12. The molecule has 1 aromatic rings. The van der Waals surface area contributed by atoms with Crippen LogP contribution in [0.4, 0.5) is 13.2 Å². The predicted octanol–water partition coefficient (Wildman–Crippen LogP) is 3.02. The molecule has 1 heterocycles. The molecule has 5 nitrogen and oxygen atoms in total. The molecule has 0 unspecified atom stereocenters. The van der Waals surface area contributed by atoms with Gasteiger partial charge >= 0.3 is 6.18 Å². The lowest BCUT2D eigenvalue weighted by Gasteiger charge is -2.17. The molecule has 1 aromatic heterocycles. The Morgan fingerprint density at radius 1 is 1.42 bits per heavy atom. The summed E-state index contributed by atoms with van der Waals surface area (Å²) in [5.41, 5.74) is -0.909. The second-order valence-corrected chi connectivity index (χ2v) is 5.55. The van der Waals surface area contributed by atoms with E-state index in [1.54, 1.807) is 7.05 Å². The number of aromatic nitrogens is 1. The zero-order valence-corrected chi connectivity index (χ0v) is 13.8. The summed E-state index contributed by atoms with van der Waals surface area (Å²) in [6.07, 6.45) is 2.31. The van der Waals surface area contributed by atoms with Gasteiger partial charge in [0.2, 0.25) is 5.88 Å². The topological polar surface area (TPSA) is 58.5 Å². The van der Waals surface area contributed by atoms with Crippen LogP contribution in [0.2, 0.25) is 5.02 Å². The number of alkyl halides is 3. The van der Waals surface area contributed by atoms with E-state index in [1.165, 1.54) is 0 Å². The molecule has 0 saturated heterocycles. The summed E-state index contributed by atoms with van der Waals surface area (Å²) < 4.78 is 42.9. The van der Waals surface area contributed by atoms with Crippen LogP contribution in [0.1, 0.15) is 18.4 Å². The van der Waals surface area contributed by atoms with Crippen LogP contribution in [0.15, 0.2) is 29.4 Å². The first-order valence-electron chi connectivity index (χ1n) is 7.38. The quantitative estimate of drug-likeness (QED) is 0.366. The Hall–Kier alpha value is -1.96. The summed E-state index contributed by atoms with van der Waals surface area (Å²) in [5, 5.41) is 6.13. The number of hydrogen-bond donors (Lipinski definition) is 2. The van der Waals surface area contributed by atoms with Gasteiger partial charge in [-0.2, -0.15) is 13.2 Å². The van der Waals surface area contributed by atoms with E-state index >= 15 is 0 Å². The molecule has 132 valence electrons. The molecule has 9 heteroatoms. The molecule has 0 aliphatic heterocycles. The Bertz CT molecular complexity index is 611. The number of hydrogen-bond acceptors (Lipinski definition) is 3. The van der Waals surface area contributed by atoms with Crippen molar-refractivity contribution >= 4 is 17.6 Å².